The molecule has 0 aliphatic carbocycles. The van der Waals surface area contributed by atoms with E-state index in [-0.39, 0.29) is 11.9 Å². The van der Waals surface area contributed by atoms with Crippen molar-refractivity contribution in [3.8, 4) is 5.75 Å². The van der Waals surface area contributed by atoms with Gasteiger partial charge in [0.15, 0.2) is 0 Å². The van der Waals surface area contributed by atoms with Crippen molar-refractivity contribution in [2.45, 2.75) is 0 Å². The summed E-state index contributed by atoms with van der Waals surface area (Å²) in [4.78, 5) is 28.2. The van der Waals surface area contributed by atoms with Crippen LogP contribution >= 0.6 is 0 Å². The van der Waals surface area contributed by atoms with Gasteiger partial charge in [-0.2, -0.15) is 0 Å². The molecule has 0 saturated carbocycles. The highest BCUT2D eigenvalue weighted by atomic mass is 16.5. The molecule has 0 aromatic heterocycles. The SMILES string of the molecule is COc1cccc(N2CCN(C(=O)NC(=O)c3ccccc3)CC2)c1. The molecule has 1 fully saturated rings. The Balaban J connectivity index is 1.55. The van der Waals surface area contributed by atoms with E-state index in [0.717, 1.165) is 11.4 Å². The number of piperazine rings is 1. The zero-order valence-electron chi connectivity index (χ0n) is 14.1. The fraction of sp³-hybridized carbons (Fsp3) is 0.263. The van der Waals surface area contributed by atoms with Crippen LogP contribution in [-0.4, -0.2) is 50.1 Å². The van der Waals surface area contributed by atoms with Gasteiger partial charge >= 0.3 is 6.03 Å². The molecule has 25 heavy (non-hydrogen) atoms. The lowest BCUT2D eigenvalue weighted by Gasteiger charge is -2.36. The Hall–Kier alpha value is -3.02. The molecule has 1 aliphatic rings. The van der Waals surface area contributed by atoms with Crippen molar-refractivity contribution in [3.05, 3.63) is 60.2 Å². The number of carbonyl (C=O) groups is 2. The van der Waals surface area contributed by atoms with Gasteiger partial charge in [-0.1, -0.05) is 24.3 Å². The van der Waals surface area contributed by atoms with Crippen LogP contribution in [0.4, 0.5) is 10.5 Å². The standard InChI is InChI=1S/C19H21N3O3/c1-25-17-9-5-8-16(14-17)21-10-12-22(13-11-21)19(24)20-18(23)15-6-3-2-4-7-15/h2-9,14H,10-13H2,1H3,(H,20,23,24). The van der Waals surface area contributed by atoms with E-state index in [2.05, 4.69) is 10.2 Å². The molecule has 1 saturated heterocycles. The Labute approximate surface area is 147 Å². The first-order valence-electron chi connectivity index (χ1n) is 8.21. The average molecular weight is 339 g/mol. The number of ether oxygens (including phenoxy) is 1. The minimum Gasteiger partial charge on any atom is -0.497 e. The van der Waals surface area contributed by atoms with Crippen molar-refractivity contribution >= 4 is 17.6 Å². The number of imide groups is 1. The predicted octanol–water partition coefficient (Wildman–Crippen LogP) is 2.37. The van der Waals surface area contributed by atoms with Gasteiger partial charge in [0.2, 0.25) is 0 Å². The van der Waals surface area contributed by atoms with Crippen molar-refractivity contribution < 1.29 is 14.3 Å². The summed E-state index contributed by atoms with van der Waals surface area (Å²) in [5.41, 5.74) is 1.55. The topological polar surface area (TPSA) is 61.9 Å². The largest absolute Gasteiger partial charge is 0.497 e. The van der Waals surface area contributed by atoms with Crippen LogP contribution in [-0.2, 0) is 0 Å². The minimum absolute atomic E-state index is 0.348. The Kier molecular flexibility index (Phi) is 5.18. The normalized spacial score (nSPS) is 14.1. The van der Waals surface area contributed by atoms with Crippen LogP contribution < -0.4 is 15.0 Å². The third-order valence-corrected chi connectivity index (χ3v) is 4.24. The highest BCUT2D eigenvalue weighted by molar-refractivity contribution is 6.04. The van der Waals surface area contributed by atoms with Crippen molar-refractivity contribution in [1.82, 2.24) is 10.2 Å². The van der Waals surface area contributed by atoms with E-state index in [1.165, 1.54) is 0 Å². The molecule has 6 heteroatoms. The highest BCUT2D eigenvalue weighted by Crippen LogP contribution is 2.22. The van der Waals surface area contributed by atoms with Crippen LogP contribution in [0.15, 0.2) is 54.6 Å². The van der Waals surface area contributed by atoms with Crippen molar-refractivity contribution in [1.29, 1.82) is 0 Å². The first-order valence-corrected chi connectivity index (χ1v) is 8.21. The average Bonchev–Trinajstić information content (AvgIpc) is 2.68. The van der Waals surface area contributed by atoms with E-state index in [4.69, 9.17) is 4.74 Å². The molecule has 0 radical (unpaired) electrons. The number of anilines is 1. The van der Waals surface area contributed by atoms with E-state index >= 15 is 0 Å². The molecule has 1 N–H and O–H groups in total. The molecule has 3 rings (SSSR count). The zero-order chi connectivity index (χ0) is 17.6. The molecule has 1 heterocycles. The lowest BCUT2D eigenvalue weighted by Crippen LogP contribution is -2.52. The van der Waals surface area contributed by atoms with Gasteiger partial charge in [-0.25, -0.2) is 4.79 Å². The van der Waals surface area contributed by atoms with Crippen LogP contribution in [0, 0.1) is 0 Å². The summed E-state index contributed by atoms with van der Waals surface area (Å²) in [6, 6.07) is 16.3. The quantitative estimate of drug-likeness (QED) is 0.933. The molecule has 2 aromatic carbocycles. The van der Waals surface area contributed by atoms with Gasteiger partial charge < -0.3 is 14.5 Å². The van der Waals surface area contributed by atoms with Gasteiger partial charge in [0.25, 0.3) is 5.91 Å². The summed E-state index contributed by atoms with van der Waals surface area (Å²) in [6.07, 6.45) is 0. The highest BCUT2D eigenvalue weighted by Gasteiger charge is 2.23. The second-order valence-electron chi connectivity index (χ2n) is 5.80. The number of hydrogen-bond donors (Lipinski definition) is 1. The van der Waals surface area contributed by atoms with E-state index in [0.29, 0.717) is 31.7 Å². The number of urea groups is 1. The summed E-state index contributed by atoms with van der Waals surface area (Å²) in [7, 11) is 1.64. The fourth-order valence-corrected chi connectivity index (χ4v) is 2.81. The van der Waals surface area contributed by atoms with Gasteiger partial charge in [0.05, 0.1) is 7.11 Å². The summed E-state index contributed by atoms with van der Waals surface area (Å²) in [5.74, 6) is 0.437. The number of nitrogens with zero attached hydrogens (tertiary/aromatic N) is 2. The van der Waals surface area contributed by atoms with E-state index in [1.807, 2.05) is 30.3 Å². The number of rotatable bonds is 3. The maximum absolute atomic E-state index is 12.3. The van der Waals surface area contributed by atoms with E-state index in [1.54, 1.807) is 36.3 Å². The van der Waals surface area contributed by atoms with Gasteiger partial charge in [-0.15, -0.1) is 0 Å². The van der Waals surface area contributed by atoms with E-state index < -0.39 is 0 Å². The van der Waals surface area contributed by atoms with Crippen LogP contribution in [0.25, 0.3) is 0 Å². The third-order valence-electron chi connectivity index (χ3n) is 4.24. The summed E-state index contributed by atoms with van der Waals surface area (Å²) >= 11 is 0. The maximum Gasteiger partial charge on any atom is 0.324 e. The number of amides is 3. The van der Waals surface area contributed by atoms with Crippen LogP contribution in [0.1, 0.15) is 10.4 Å². The van der Waals surface area contributed by atoms with Crippen molar-refractivity contribution in [2.75, 3.05) is 38.2 Å². The van der Waals surface area contributed by atoms with Crippen molar-refractivity contribution in [2.24, 2.45) is 0 Å². The van der Waals surface area contributed by atoms with Gasteiger partial charge in [-0.3, -0.25) is 10.1 Å². The number of carbonyl (C=O) groups excluding carboxylic acids is 2. The summed E-state index contributed by atoms with van der Waals surface area (Å²) in [6.45, 7) is 2.54. The molecule has 0 unspecified atom stereocenters. The molecule has 3 amide bonds. The molecule has 0 atom stereocenters. The Morgan fingerprint density at radius 3 is 2.36 bits per heavy atom. The molecule has 6 nitrogen and oxygen atoms in total. The number of nitrogens with one attached hydrogen (secondary N) is 1. The second kappa shape index (κ2) is 7.70. The molecular weight excluding hydrogens is 318 g/mol. The smallest absolute Gasteiger partial charge is 0.324 e. The number of hydrogen-bond acceptors (Lipinski definition) is 4. The molecule has 0 spiro atoms. The van der Waals surface area contributed by atoms with Crippen LogP contribution in [0.3, 0.4) is 0 Å². The Morgan fingerprint density at radius 1 is 0.960 bits per heavy atom. The molecule has 2 aromatic rings. The van der Waals surface area contributed by atoms with Gasteiger partial charge in [-0.05, 0) is 24.3 Å². The van der Waals surface area contributed by atoms with Crippen LogP contribution in [0.2, 0.25) is 0 Å². The van der Waals surface area contributed by atoms with E-state index in [9.17, 15) is 9.59 Å². The monoisotopic (exact) mass is 339 g/mol. The number of methoxy groups -OCH3 is 1. The first-order chi connectivity index (χ1) is 12.2. The Morgan fingerprint density at radius 2 is 1.68 bits per heavy atom. The lowest BCUT2D eigenvalue weighted by molar-refractivity contribution is 0.0951. The van der Waals surface area contributed by atoms with Crippen molar-refractivity contribution in [3.63, 3.8) is 0 Å². The molecule has 1 aliphatic heterocycles. The predicted molar refractivity (Wildman–Crippen MR) is 96.1 cm³/mol. The second-order valence-corrected chi connectivity index (χ2v) is 5.80. The van der Waals surface area contributed by atoms with Crippen LogP contribution in [0.5, 0.6) is 5.75 Å². The molecule has 0 bridgehead atoms. The Bertz CT molecular complexity index is 741. The number of benzene rings is 2. The zero-order valence-corrected chi connectivity index (χ0v) is 14.1. The summed E-state index contributed by atoms with van der Waals surface area (Å²) in [5, 5.41) is 2.45. The first kappa shape index (κ1) is 16.8. The minimum atomic E-state index is -0.374. The molecule has 130 valence electrons. The van der Waals surface area contributed by atoms with Gasteiger partial charge in [0, 0.05) is 43.5 Å². The fourth-order valence-electron chi connectivity index (χ4n) is 2.81. The lowest BCUT2D eigenvalue weighted by atomic mass is 10.2. The maximum atomic E-state index is 12.3. The molecular formula is C19H21N3O3. The van der Waals surface area contributed by atoms with Gasteiger partial charge in [0.1, 0.15) is 5.75 Å². The third kappa shape index (κ3) is 4.09. The summed E-state index contributed by atoms with van der Waals surface area (Å²) < 4.78 is 5.25.